The van der Waals surface area contributed by atoms with Crippen LogP contribution in [0, 0.1) is 0 Å². The molecule has 0 saturated carbocycles. The van der Waals surface area contributed by atoms with E-state index < -0.39 is 6.09 Å². The Kier molecular flexibility index (Phi) is 5.53. The van der Waals surface area contributed by atoms with Crippen molar-refractivity contribution in [2.24, 2.45) is 0 Å². The Balaban J connectivity index is 1.22. The largest absolute Gasteiger partial charge is 0.493 e. The predicted octanol–water partition coefficient (Wildman–Crippen LogP) is 2.83. The van der Waals surface area contributed by atoms with Gasteiger partial charge in [-0.1, -0.05) is 24.3 Å². The highest BCUT2D eigenvalue weighted by Crippen LogP contribution is 2.35. The smallest absolute Gasteiger partial charge is 0.407 e. The third-order valence-electron chi connectivity index (χ3n) is 5.08. The zero-order valence-corrected chi connectivity index (χ0v) is 15.7. The number of benzene rings is 2. The molecule has 1 fully saturated rings. The van der Waals surface area contributed by atoms with Gasteiger partial charge in [0.05, 0.1) is 6.61 Å². The van der Waals surface area contributed by atoms with Crippen molar-refractivity contribution in [3.63, 3.8) is 0 Å². The quantitative estimate of drug-likeness (QED) is 0.826. The fourth-order valence-electron chi connectivity index (χ4n) is 3.42. The number of ether oxygens (including phenoxy) is 3. The monoisotopic (exact) mass is 384 g/mol. The summed E-state index contributed by atoms with van der Waals surface area (Å²) < 4.78 is 16.5. The molecular weight excluding hydrogens is 360 g/mol. The zero-order chi connectivity index (χ0) is 19.3. The highest BCUT2D eigenvalue weighted by Gasteiger charge is 2.20. The van der Waals surface area contributed by atoms with Gasteiger partial charge < -0.3 is 24.2 Å². The Hall–Kier alpha value is -2.93. The van der Waals surface area contributed by atoms with Gasteiger partial charge in [-0.3, -0.25) is 4.90 Å². The molecule has 1 N–H and O–H groups in total. The van der Waals surface area contributed by atoms with Crippen LogP contribution in [0.1, 0.15) is 11.1 Å². The molecule has 2 heterocycles. The van der Waals surface area contributed by atoms with Crippen molar-refractivity contribution in [1.82, 2.24) is 9.80 Å². The van der Waals surface area contributed by atoms with Crippen LogP contribution in [0.3, 0.4) is 0 Å². The molecule has 28 heavy (non-hydrogen) atoms. The molecule has 4 rings (SSSR count). The minimum absolute atomic E-state index is 0.264. The third kappa shape index (κ3) is 4.48. The number of rotatable bonds is 6. The van der Waals surface area contributed by atoms with Gasteiger partial charge in [0.15, 0.2) is 11.5 Å². The zero-order valence-electron chi connectivity index (χ0n) is 15.7. The Bertz CT molecular complexity index is 816. The summed E-state index contributed by atoms with van der Waals surface area (Å²) >= 11 is 0. The lowest BCUT2D eigenvalue weighted by Gasteiger charge is -2.33. The van der Waals surface area contributed by atoms with Crippen molar-refractivity contribution in [3.05, 3.63) is 53.6 Å². The van der Waals surface area contributed by atoms with Crippen LogP contribution in [0.5, 0.6) is 17.2 Å². The third-order valence-corrected chi connectivity index (χ3v) is 5.08. The molecule has 1 saturated heterocycles. The van der Waals surface area contributed by atoms with Gasteiger partial charge in [0.2, 0.25) is 6.79 Å². The summed E-state index contributed by atoms with van der Waals surface area (Å²) in [5, 5.41) is 9.01. The molecule has 2 aliphatic heterocycles. The van der Waals surface area contributed by atoms with E-state index in [1.807, 2.05) is 18.2 Å². The second-order valence-electron chi connectivity index (χ2n) is 6.98. The average molecular weight is 384 g/mol. The molecule has 2 aliphatic rings. The standard InChI is InChI=1S/C21H24N2O5/c24-21(25)23-10-8-22(9-11-23)14-17-3-1-16(2-4-17)7-12-26-18-5-6-19-20(13-18)28-15-27-19/h1-6,13H,7-12,14-15H2,(H,24,25). The molecule has 0 spiro atoms. The number of amides is 1. The van der Waals surface area contributed by atoms with E-state index >= 15 is 0 Å². The second-order valence-corrected chi connectivity index (χ2v) is 6.98. The van der Waals surface area contributed by atoms with Gasteiger partial charge >= 0.3 is 6.09 Å². The number of carbonyl (C=O) groups is 1. The summed E-state index contributed by atoms with van der Waals surface area (Å²) in [6.07, 6.45) is -0.00148. The first kappa shape index (κ1) is 18.4. The maximum atomic E-state index is 11.0. The molecule has 0 aromatic heterocycles. The predicted molar refractivity (Wildman–Crippen MR) is 103 cm³/mol. The molecule has 0 bridgehead atoms. The van der Waals surface area contributed by atoms with Crippen LogP contribution < -0.4 is 14.2 Å². The van der Waals surface area contributed by atoms with E-state index in [-0.39, 0.29) is 6.79 Å². The van der Waals surface area contributed by atoms with E-state index in [9.17, 15) is 4.79 Å². The fraction of sp³-hybridized carbons (Fsp3) is 0.381. The van der Waals surface area contributed by atoms with E-state index in [0.717, 1.165) is 43.3 Å². The van der Waals surface area contributed by atoms with Crippen LogP contribution in [0.25, 0.3) is 0 Å². The molecule has 0 atom stereocenters. The summed E-state index contributed by atoms with van der Waals surface area (Å²) in [7, 11) is 0. The molecule has 2 aromatic rings. The number of hydrogen-bond donors (Lipinski definition) is 1. The summed E-state index contributed by atoms with van der Waals surface area (Å²) in [6.45, 7) is 4.40. The van der Waals surface area contributed by atoms with Crippen LogP contribution in [-0.4, -0.2) is 60.6 Å². The molecule has 7 nitrogen and oxygen atoms in total. The van der Waals surface area contributed by atoms with Crippen LogP contribution in [0.2, 0.25) is 0 Å². The highest BCUT2D eigenvalue weighted by atomic mass is 16.7. The van der Waals surface area contributed by atoms with Crippen LogP contribution in [0.4, 0.5) is 4.79 Å². The highest BCUT2D eigenvalue weighted by molar-refractivity contribution is 5.65. The fourth-order valence-corrected chi connectivity index (χ4v) is 3.42. The first-order valence-corrected chi connectivity index (χ1v) is 9.48. The first-order chi connectivity index (χ1) is 13.7. The number of nitrogens with zero attached hydrogens (tertiary/aromatic N) is 2. The van der Waals surface area contributed by atoms with E-state index in [2.05, 4.69) is 29.2 Å². The van der Waals surface area contributed by atoms with Crippen LogP contribution >= 0.6 is 0 Å². The summed E-state index contributed by atoms with van der Waals surface area (Å²) in [5.41, 5.74) is 2.46. The number of hydrogen-bond acceptors (Lipinski definition) is 5. The molecule has 0 unspecified atom stereocenters. The Morgan fingerprint density at radius 1 is 0.964 bits per heavy atom. The van der Waals surface area contributed by atoms with Gasteiger partial charge in [0.1, 0.15) is 5.75 Å². The lowest BCUT2D eigenvalue weighted by Crippen LogP contribution is -2.47. The maximum absolute atomic E-state index is 11.0. The Labute approximate surface area is 164 Å². The van der Waals surface area contributed by atoms with Crippen molar-refractivity contribution >= 4 is 6.09 Å². The summed E-state index contributed by atoms with van der Waals surface area (Å²) in [6, 6.07) is 14.1. The van der Waals surface area contributed by atoms with Crippen molar-refractivity contribution in [2.45, 2.75) is 13.0 Å². The van der Waals surface area contributed by atoms with Crippen LogP contribution in [-0.2, 0) is 13.0 Å². The van der Waals surface area contributed by atoms with E-state index in [4.69, 9.17) is 19.3 Å². The SMILES string of the molecule is O=C(O)N1CCN(Cc2ccc(CCOc3ccc4c(c3)OCO4)cc2)CC1. The van der Waals surface area contributed by atoms with Crippen molar-refractivity contribution in [2.75, 3.05) is 39.6 Å². The topological polar surface area (TPSA) is 71.5 Å². The van der Waals surface area contributed by atoms with Crippen molar-refractivity contribution < 1.29 is 24.1 Å². The lowest BCUT2D eigenvalue weighted by molar-refractivity contribution is 0.103. The molecule has 0 radical (unpaired) electrons. The molecule has 7 heteroatoms. The second kappa shape index (κ2) is 8.39. The summed E-state index contributed by atoms with van der Waals surface area (Å²) in [5.74, 6) is 2.26. The molecule has 2 aromatic carbocycles. The van der Waals surface area contributed by atoms with Gasteiger partial charge in [-0.05, 0) is 23.3 Å². The van der Waals surface area contributed by atoms with Crippen molar-refractivity contribution in [1.29, 1.82) is 0 Å². The minimum atomic E-state index is -0.827. The average Bonchev–Trinajstić information content (AvgIpc) is 3.18. The van der Waals surface area contributed by atoms with Crippen LogP contribution in [0.15, 0.2) is 42.5 Å². The minimum Gasteiger partial charge on any atom is -0.493 e. The Morgan fingerprint density at radius 3 is 2.43 bits per heavy atom. The molecule has 0 aliphatic carbocycles. The molecule has 1 amide bonds. The van der Waals surface area contributed by atoms with Gasteiger partial charge in [-0.15, -0.1) is 0 Å². The number of carboxylic acid groups (broad SMARTS) is 1. The lowest BCUT2D eigenvalue weighted by atomic mass is 10.1. The van der Waals surface area contributed by atoms with Crippen molar-refractivity contribution in [3.8, 4) is 17.2 Å². The van der Waals surface area contributed by atoms with Gasteiger partial charge in [0, 0.05) is 45.2 Å². The van der Waals surface area contributed by atoms with Gasteiger partial charge in [0.25, 0.3) is 0 Å². The van der Waals surface area contributed by atoms with E-state index in [0.29, 0.717) is 19.7 Å². The van der Waals surface area contributed by atoms with Gasteiger partial charge in [-0.25, -0.2) is 4.79 Å². The van der Waals surface area contributed by atoms with E-state index in [1.165, 1.54) is 16.0 Å². The first-order valence-electron chi connectivity index (χ1n) is 9.48. The molecule has 148 valence electrons. The molecular formula is C21H24N2O5. The normalized spacial score (nSPS) is 16.2. The number of fused-ring (bicyclic) bond motifs is 1. The van der Waals surface area contributed by atoms with E-state index in [1.54, 1.807) is 0 Å². The number of piperazine rings is 1. The Morgan fingerprint density at radius 2 is 1.68 bits per heavy atom. The summed E-state index contributed by atoms with van der Waals surface area (Å²) in [4.78, 5) is 14.7. The van der Waals surface area contributed by atoms with Gasteiger partial charge in [-0.2, -0.15) is 0 Å². The maximum Gasteiger partial charge on any atom is 0.407 e.